The lowest BCUT2D eigenvalue weighted by Gasteiger charge is -2.24. The zero-order valence-electron chi connectivity index (χ0n) is 12.0. The van der Waals surface area contributed by atoms with Gasteiger partial charge in [-0.2, -0.15) is 0 Å². The molecule has 0 fully saturated rings. The molecular weight excluding hydrogens is 408 g/mol. The van der Waals surface area contributed by atoms with Gasteiger partial charge < -0.3 is 23.8 Å². The third-order valence-corrected chi connectivity index (χ3v) is 5.55. The van der Waals surface area contributed by atoms with Crippen LogP contribution in [-0.4, -0.2) is 51.1 Å². The third-order valence-electron chi connectivity index (χ3n) is 1.59. The van der Waals surface area contributed by atoms with Crippen molar-refractivity contribution >= 4 is 18.2 Å². The third kappa shape index (κ3) is 19.1. The summed E-state index contributed by atoms with van der Waals surface area (Å²) in [6.07, 6.45) is 0. The van der Waals surface area contributed by atoms with Gasteiger partial charge in [-0.05, 0) is 25.2 Å². The Morgan fingerprint density at radius 2 is 1.47 bits per heavy atom. The minimum Gasteiger partial charge on any atom is -0.427 e. The predicted molar refractivity (Wildman–Crippen MR) is 66.2 cm³/mol. The van der Waals surface area contributed by atoms with Crippen LogP contribution in [0, 0.1) is 0 Å². The summed E-state index contributed by atoms with van der Waals surface area (Å²) in [5.41, 5.74) is 0. The molecule has 0 heterocycles. The van der Waals surface area contributed by atoms with Crippen molar-refractivity contribution in [2.45, 2.75) is 13.8 Å². The van der Waals surface area contributed by atoms with Gasteiger partial charge in [0, 0.05) is 0 Å². The average molecular weight is 431 g/mol. The molecule has 0 saturated heterocycles. The Hall–Kier alpha value is 1.07. The van der Waals surface area contributed by atoms with Crippen LogP contribution in [0.25, 0.3) is 0 Å². The molecule has 0 rings (SSSR count). The number of nitrogens with zero attached hydrogens (tertiary/aromatic N) is 1. The Kier molecular flexibility index (Phi) is 13.8. The summed E-state index contributed by atoms with van der Waals surface area (Å²) >= 11 is -2.72. The SMILES string of the molecule is CCOP(=O)(OCC)SCC[N+](C)(C)C.[O-][I+2]([O-])[O-]. The van der Waals surface area contributed by atoms with Crippen molar-refractivity contribution in [2.75, 3.05) is 46.7 Å². The summed E-state index contributed by atoms with van der Waals surface area (Å²) in [5, 5.41) is 0. The zero-order chi connectivity index (χ0) is 15.5. The van der Waals surface area contributed by atoms with E-state index in [1.165, 1.54) is 11.4 Å². The van der Waals surface area contributed by atoms with Crippen molar-refractivity contribution in [3.8, 4) is 0 Å². The van der Waals surface area contributed by atoms with Gasteiger partial charge in [-0.1, -0.05) is 0 Å². The van der Waals surface area contributed by atoms with Crippen molar-refractivity contribution in [1.82, 2.24) is 0 Å². The first-order valence-electron chi connectivity index (χ1n) is 5.63. The van der Waals surface area contributed by atoms with E-state index in [2.05, 4.69) is 21.1 Å². The highest BCUT2D eigenvalue weighted by atomic mass is 127. The molecule has 0 amide bonds. The van der Waals surface area contributed by atoms with Crippen LogP contribution in [0.2, 0.25) is 0 Å². The quantitative estimate of drug-likeness (QED) is 0.220. The van der Waals surface area contributed by atoms with Crippen molar-refractivity contribution in [3.05, 3.63) is 0 Å². The van der Waals surface area contributed by atoms with Crippen LogP contribution in [0.4, 0.5) is 0 Å². The van der Waals surface area contributed by atoms with Crippen LogP contribution < -0.4 is 31.4 Å². The monoisotopic (exact) mass is 431 g/mol. The summed E-state index contributed by atoms with van der Waals surface area (Å²) in [7, 11) is 6.31. The fourth-order valence-corrected chi connectivity index (χ4v) is 4.56. The van der Waals surface area contributed by atoms with Gasteiger partial charge in [-0.15, -0.1) is 0 Å². The highest BCUT2D eigenvalue weighted by Crippen LogP contribution is 2.60. The summed E-state index contributed by atoms with van der Waals surface area (Å²) in [6.45, 7) is 2.54. The first-order chi connectivity index (χ1) is 8.56. The van der Waals surface area contributed by atoms with Crippen molar-refractivity contribution < 1.29 is 49.5 Å². The van der Waals surface area contributed by atoms with Crippen molar-refractivity contribution in [2.24, 2.45) is 0 Å². The van der Waals surface area contributed by atoms with E-state index < -0.39 is 27.9 Å². The Balaban J connectivity index is 0. The summed E-state index contributed by atoms with van der Waals surface area (Å²) in [6, 6.07) is 0. The lowest BCUT2D eigenvalue weighted by molar-refractivity contribution is -1.73. The van der Waals surface area contributed by atoms with E-state index in [-0.39, 0.29) is 0 Å². The number of rotatable bonds is 8. The normalized spacial score (nSPS) is 12.3. The van der Waals surface area contributed by atoms with E-state index in [0.29, 0.717) is 13.2 Å². The first-order valence-corrected chi connectivity index (χ1v) is 11.4. The second-order valence-corrected chi connectivity index (χ2v) is 9.59. The van der Waals surface area contributed by atoms with Crippen LogP contribution in [0.1, 0.15) is 13.8 Å². The van der Waals surface area contributed by atoms with Gasteiger partial charge in [-0.25, -0.2) is 4.57 Å². The number of halogens is 1. The van der Waals surface area contributed by atoms with Gasteiger partial charge in [0.05, 0.1) is 46.7 Å². The average Bonchev–Trinajstić information content (AvgIpc) is 2.14. The minimum absolute atomic E-state index is 0.425. The van der Waals surface area contributed by atoms with Crippen LogP contribution in [0.3, 0.4) is 0 Å². The molecule has 0 unspecified atom stereocenters. The number of quaternary nitrogens is 1. The highest BCUT2D eigenvalue weighted by molar-refractivity contribution is 8.55. The fraction of sp³-hybridized carbons (Fsp3) is 1.00. The summed E-state index contributed by atoms with van der Waals surface area (Å²) in [4.78, 5) is 0. The molecule has 0 bridgehead atoms. The van der Waals surface area contributed by atoms with E-state index in [4.69, 9.17) is 19.4 Å². The van der Waals surface area contributed by atoms with E-state index in [0.717, 1.165) is 16.8 Å². The van der Waals surface area contributed by atoms with E-state index in [1.807, 2.05) is 13.8 Å². The smallest absolute Gasteiger partial charge is 0.389 e. The Morgan fingerprint density at radius 1 is 1.11 bits per heavy atom. The molecule has 0 aromatic heterocycles. The molecule has 0 aliphatic rings. The van der Waals surface area contributed by atoms with E-state index in [9.17, 15) is 4.57 Å². The highest BCUT2D eigenvalue weighted by Gasteiger charge is 2.25. The predicted octanol–water partition coefficient (Wildman–Crippen LogP) is -3.96. The molecule has 0 saturated carbocycles. The molecule has 0 aromatic carbocycles. The zero-order valence-corrected chi connectivity index (χ0v) is 15.8. The maximum atomic E-state index is 12.0. The van der Waals surface area contributed by atoms with E-state index in [1.54, 1.807) is 0 Å². The second kappa shape index (κ2) is 11.7. The Bertz CT molecular complexity index is 251. The Labute approximate surface area is 128 Å². The van der Waals surface area contributed by atoms with Crippen molar-refractivity contribution in [1.29, 1.82) is 0 Å². The molecule has 19 heavy (non-hydrogen) atoms. The Morgan fingerprint density at radius 3 is 1.74 bits per heavy atom. The fourth-order valence-electron chi connectivity index (χ4n) is 0.855. The van der Waals surface area contributed by atoms with Crippen LogP contribution in [-0.2, 0) is 13.6 Å². The molecule has 0 aliphatic carbocycles. The molecule has 0 radical (unpaired) electrons. The van der Waals surface area contributed by atoms with Gasteiger partial charge >= 0.3 is 6.80 Å². The number of hydrogen-bond donors (Lipinski definition) is 0. The molecular formula is C9H23INO6PS. The molecule has 0 aromatic rings. The molecule has 0 N–H and O–H groups in total. The van der Waals surface area contributed by atoms with Gasteiger partial charge in [0.15, 0.2) is 0 Å². The molecule has 7 nitrogen and oxygen atoms in total. The molecule has 0 aliphatic heterocycles. The van der Waals surface area contributed by atoms with Gasteiger partial charge in [-0.3, -0.25) is 0 Å². The minimum atomic E-state index is -4.01. The van der Waals surface area contributed by atoms with Gasteiger partial charge in [0.2, 0.25) is 0 Å². The second-order valence-electron chi connectivity index (χ2n) is 4.32. The molecule has 0 spiro atoms. The molecule has 118 valence electrons. The van der Waals surface area contributed by atoms with Crippen LogP contribution in [0.5, 0.6) is 0 Å². The standard InChI is InChI=1S/C9H23NO3PS.IO3/c1-6-12-14(11,13-7-2)15-9-8-10(3,4)5;2-1(3)4/h6-9H2,1-5H3;/q+1;-1. The number of hydrogen-bond acceptors (Lipinski definition) is 7. The summed E-state index contributed by atoms with van der Waals surface area (Å²) < 4.78 is 48.9. The van der Waals surface area contributed by atoms with E-state index >= 15 is 0 Å². The van der Waals surface area contributed by atoms with Crippen LogP contribution >= 0.6 is 18.2 Å². The largest absolute Gasteiger partial charge is 0.427 e. The topological polar surface area (TPSA) is 105 Å². The molecule has 10 heteroatoms. The maximum Gasteiger partial charge on any atom is 0.389 e. The van der Waals surface area contributed by atoms with Crippen molar-refractivity contribution in [3.63, 3.8) is 0 Å². The van der Waals surface area contributed by atoms with Gasteiger partial charge in [0.25, 0.3) is 21.1 Å². The van der Waals surface area contributed by atoms with Gasteiger partial charge in [0.1, 0.15) is 0 Å². The maximum absolute atomic E-state index is 12.0. The lowest BCUT2D eigenvalue weighted by Crippen LogP contribution is -4.05. The van der Waals surface area contributed by atoms with Crippen LogP contribution in [0.15, 0.2) is 0 Å². The lowest BCUT2D eigenvalue weighted by atomic mass is 10.6. The first kappa shape index (κ1) is 22.4. The molecule has 0 atom stereocenters. The summed E-state index contributed by atoms with van der Waals surface area (Å²) in [5.74, 6) is 0.779.